The Kier molecular flexibility index (Phi) is 5.46. The third-order valence-corrected chi connectivity index (χ3v) is 6.43. The van der Waals surface area contributed by atoms with Crippen LogP contribution >= 0.6 is 15.9 Å². The molecule has 1 aliphatic heterocycles. The number of ether oxygens (including phenoxy) is 1. The lowest BCUT2D eigenvalue weighted by Gasteiger charge is -2.27. The number of nitrogens with zero attached hydrogens (tertiary/aromatic N) is 3. The van der Waals surface area contributed by atoms with E-state index in [2.05, 4.69) is 20.9 Å². The SMILES string of the molecule is O=C(O)c1cn(C2CC2)c2cc(N(CC3CCCO3)c3ccc(Br)cn3)c(F)cc2c1=O. The van der Waals surface area contributed by atoms with Crippen LogP contribution in [-0.2, 0) is 4.74 Å². The number of carbonyl (C=O) groups is 1. The highest BCUT2D eigenvalue weighted by Crippen LogP contribution is 2.39. The summed E-state index contributed by atoms with van der Waals surface area (Å²) in [5.74, 6) is -1.36. The Bertz CT molecular complexity index is 1250. The van der Waals surface area contributed by atoms with Gasteiger partial charge in [0.15, 0.2) is 0 Å². The summed E-state index contributed by atoms with van der Waals surface area (Å²) in [7, 11) is 0. The zero-order chi connectivity index (χ0) is 22.4. The van der Waals surface area contributed by atoms with Crippen molar-refractivity contribution in [1.82, 2.24) is 9.55 Å². The molecule has 32 heavy (non-hydrogen) atoms. The molecule has 2 aliphatic rings. The van der Waals surface area contributed by atoms with Crippen molar-refractivity contribution in [3.8, 4) is 0 Å². The summed E-state index contributed by atoms with van der Waals surface area (Å²) in [6, 6.07) is 6.52. The van der Waals surface area contributed by atoms with E-state index in [1.54, 1.807) is 27.8 Å². The molecular weight excluding hydrogens is 481 g/mol. The molecular formula is C23H21BrFN3O4. The molecule has 3 heterocycles. The minimum atomic E-state index is -1.31. The van der Waals surface area contributed by atoms with Crippen molar-refractivity contribution in [2.75, 3.05) is 18.1 Å². The second-order valence-corrected chi connectivity index (χ2v) is 9.13. The van der Waals surface area contributed by atoms with Gasteiger partial charge in [-0.05, 0) is 65.9 Å². The number of hydrogen-bond acceptors (Lipinski definition) is 5. The van der Waals surface area contributed by atoms with E-state index in [-0.39, 0.29) is 28.8 Å². The zero-order valence-corrected chi connectivity index (χ0v) is 18.7. The maximum absolute atomic E-state index is 15.5. The van der Waals surface area contributed by atoms with Gasteiger partial charge in [0.05, 0.1) is 23.9 Å². The average molecular weight is 502 g/mol. The first-order valence-electron chi connectivity index (χ1n) is 10.5. The smallest absolute Gasteiger partial charge is 0.341 e. The first-order valence-corrected chi connectivity index (χ1v) is 11.3. The molecule has 2 aromatic heterocycles. The van der Waals surface area contributed by atoms with Gasteiger partial charge in [-0.1, -0.05) is 0 Å². The molecule has 0 amide bonds. The summed E-state index contributed by atoms with van der Waals surface area (Å²) >= 11 is 3.38. The molecule has 3 aromatic rings. The lowest BCUT2D eigenvalue weighted by atomic mass is 10.1. The number of aromatic nitrogens is 2. The van der Waals surface area contributed by atoms with E-state index in [0.717, 1.165) is 36.2 Å². The van der Waals surface area contributed by atoms with Gasteiger partial charge < -0.3 is 19.3 Å². The largest absolute Gasteiger partial charge is 0.477 e. The van der Waals surface area contributed by atoms with Crippen LogP contribution in [0.15, 0.2) is 45.9 Å². The van der Waals surface area contributed by atoms with Gasteiger partial charge in [0.2, 0.25) is 5.43 Å². The highest BCUT2D eigenvalue weighted by atomic mass is 79.9. The molecule has 1 aliphatic carbocycles. The molecule has 1 saturated carbocycles. The quantitative estimate of drug-likeness (QED) is 0.529. The van der Waals surface area contributed by atoms with Gasteiger partial charge >= 0.3 is 5.97 Å². The molecule has 0 spiro atoms. The Balaban J connectivity index is 1.69. The third kappa shape index (κ3) is 3.91. The number of carboxylic acid groups (broad SMARTS) is 1. The minimum absolute atomic E-state index is 0.0597. The normalized spacial score (nSPS) is 18.2. The van der Waals surface area contributed by atoms with Crippen molar-refractivity contribution < 1.29 is 19.0 Å². The van der Waals surface area contributed by atoms with Crippen LogP contribution in [0.1, 0.15) is 42.1 Å². The first-order chi connectivity index (χ1) is 15.4. The van der Waals surface area contributed by atoms with E-state index < -0.39 is 17.2 Å². The van der Waals surface area contributed by atoms with Crippen molar-refractivity contribution in [3.05, 3.63) is 62.7 Å². The van der Waals surface area contributed by atoms with Gasteiger partial charge in [0.25, 0.3) is 0 Å². The van der Waals surface area contributed by atoms with Crippen LogP contribution in [0.25, 0.3) is 10.9 Å². The lowest BCUT2D eigenvalue weighted by molar-refractivity contribution is 0.0695. The zero-order valence-electron chi connectivity index (χ0n) is 17.1. The summed E-state index contributed by atoms with van der Waals surface area (Å²) in [6.45, 7) is 1.09. The molecule has 1 atom stereocenters. The van der Waals surface area contributed by atoms with Crippen molar-refractivity contribution in [3.63, 3.8) is 0 Å². The van der Waals surface area contributed by atoms with Crippen LogP contribution < -0.4 is 10.3 Å². The van der Waals surface area contributed by atoms with Crippen LogP contribution in [0.2, 0.25) is 0 Å². The van der Waals surface area contributed by atoms with Gasteiger partial charge in [0.1, 0.15) is 17.2 Å². The number of benzene rings is 1. The summed E-state index contributed by atoms with van der Waals surface area (Å²) in [4.78, 5) is 30.6. The number of pyridine rings is 2. The van der Waals surface area contributed by atoms with Crippen molar-refractivity contribution >= 4 is 44.3 Å². The Hall–Kier alpha value is -2.78. The number of fused-ring (bicyclic) bond motifs is 1. The van der Waals surface area contributed by atoms with Gasteiger partial charge in [-0.25, -0.2) is 14.2 Å². The number of aromatic carboxylic acids is 1. The molecule has 5 rings (SSSR count). The van der Waals surface area contributed by atoms with Crippen LogP contribution in [0.5, 0.6) is 0 Å². The second-order valence-electron chi connectivity index (χ2n) is 8.22. The van der Waals surface area contributed by atoms with E-state index in [0.29, 0.717) is 24.5 Å². The fraction of sp³-hybridized carbons (Fsp3) is 0.348. The third-order valence-electron chi connectivity index (χ3n) is 5.96. The van der Waals surface area contributed by atoms with Gasteiger partial charge in [-0.3, -0.25) is 4.79 Å². The van der Waals surface area contributed by atoms with Crippen LogP contribution in [-0.4, -0.2) is 39.9 Å². The van der Waals surface area contributed by atoms with Crippen LogP contribution in [0.3, 0.4) is 0 Å². The van der Waals surface area contributed by atoms with Gasteiger partial charge in [-0.2, -0.15) is 0 Å². The minimum Gasteiger partial charge on any atom is -0.477 e. The molecule has 0 radical (unpaired) electrons. The number of halogens is 2. The highest BCUT2D eigenvalue weighted by molar-refractivity contribution is 9.10. The molecule has 1 aromatic carbocycles. The topological polar surface area (TPSA) is 84.7 Å². The maximum Gasteiger partial charge on any atom is 0.341 e. The standard InChI is InChI=1S/C23H21BrFN3O4/c24-13-3-6-21(26-10-13)28(11-15-2-1-7-32-15)20-9-19-16(8-18(20)25)22(29)17(23(30)31)12-27(19)14-4-5-14/h3,6,8-10,12,14-15H,1-2,4-5,7,11H2,(H,30,31). The second kappa shape index (κ2) is 8.29. The van der Waals surface area contributed by atoms with Crippen molar-refractivity contribution in [2.24, 2.45) is 0 Å². The van der Waals surface area contributed by atoms with E-state index >= 15 is 4.39 Å². The van der Waals surface area contributed by atoms with Crippen molar-refractivity contribution in [1.29, 1.82) is 0 Å². The van der Waals surface area contributed by atoms with Crippen LogP contribution in [0, 0.1) is 5.82 Å². The lowest BCUT2D eigenvalue weighted by Crippen LogP contribution is -2.30. The van der Waals surface area contributed by atoms with E-state index in [9.17, 15) is 14.7 Å². The highest BCUT2D eigenvalue weighted by Gasteiger charge is 2.29. The van der Waals surface area contributed by atoms with E-state index in [1.165, 1.54) is 6.20 Å². The number of rotatable bonds is 6. The maximum atomic E-state index is 15.5. The van der Waals surface area contributed by atoms with Crippen LogP contribution in [0.4, 0.5) is 15.9 Å². The van der Waals surface area contributed by atoms with Crippen molar-refractivity contribution in [2.45, 2.75) is 37.8 Å². The summed E-state index contributed by atoms with van der Waals surface area (Å²) in [5.41, 5.74) is -0.224. The number of hydrogen-bond donors (Lipinski definition) is 1. The molecule has 1 unspecified atom stereocenters. The molecule has 2 fully saturated rings. The summed E-state index contributed by atoms with van der Waals surface area (Å²) < 4.78 is 23.8. The molecule has 1 saturated heterocycles. The first kappa shape index (κ1) is 21.1. The van der Waals surface area contributed by atoms with E-state index in [4.69, 9.17) is 4.74 Å². The summed E-state index contributed by atoms with van der Waals surface area (Å²) in [6.07, 6.45) is 6.57. The Morgan fingerprint density at radius 1 is 1.31 bits per heavy atom. The fourth-order valence-corrected chi connectivity index (χ4v) is 4.44. The Morgan fingerprint density at radius 3 is 2.75 bits per heavy atom. The average Bonchev–Trinajstić information content (AvgIpc) is 3.48. The predicted octanol–water partition coefficient (Wildman–Crippen LogP) is 4.65. The van der Waals surface area contributed by atoms with Gasteiger partial charge in [-0.15, -0.1) is 0 Å². The molecule has 166 valence electrons. The Labute approximate surface area is 191 Å². The van der Waals surface area contributed by atoms with E-state index in [1.807, 2.05) is 6.07 Å². The molecule has 0 bridgehead atoms. The number of anilines is 2. The molecule has 9 heteroatoms. The summed E-state index contributed by atoms with van der Waals surface area (Å²) in [5, 5.41) is 9.52. The Morgan fingerprint density at radius 2 is 2.12 bits per heavy atom. The fourth-order valence-electron chi connectivity index (χ4n) is 4.21. The number of carboxylic acids is 1. The monoisotopic (exact) mass is 501 g/mol. The molecule has 1 N–H and O–H groups in total. The molecule has 7 nitrogen and oxygen atoms in total. The van der Waals surface area contributed by atoms with Gasteiger partial charge in [0, 0.05) is 34.9 Å². The predicted molar refractivity (Wildman–Crippen MR) is 121 cm³/mol.